The molecule has 0 unspecified atom stereocenters. The Labute approximate surface area is 123 Å². The number of ether oxygens (including phenoxy) is 1. The van der Waals surface area contributed by atoms with E-state index in [0.717, 1.165) is 5.56 Å². The zero-order valence-corrected chi connectivity index (χ0v) is 12.1. The third kappa shape index (κ3) is 3.37. The molecule has 2 rings (SSSR count). The highest BCUT2D eigenvalue weighted by Gasteiger charge is 2.08. The summed E-state index contributed by atoms with van der Waals surface area (Å²) in [5, 5.41) is 9.31. The summed E-state index contributed by atoms with van der Waals surface area (Å²) < 4.78 is 6.33. The zero-order valence-electron chi connectivity index (χ0n) is 9.73. The van der Waals surface area contributed by atoms with Crippen LogP contribution in [0.2, 0.25) is 5.02 Å². The van der Waals surface area contributed by atoms with E-state index in [0.29, 0.717) is 33.2 Å². The monoisotopic (exact) mass is 337 g/mol. The van der Waals surface area contributed by atoms with Crippen LogP contribution in [-0.4, -0.2) is 4.98 Å². The summed E-state index contributed by atoms with van der Waals surface area (Å²) in [6.07, 6.45) is 1.57. The zero-order chi connectivity index (χ0) is 13.8. The summed E-state index contributed by atoms with van der Waals surface area (Å²) in [5.74, 6) is 0.528. The first-order valence-electron chi connectivity index (χ1n) is 5.32. The molecule has 1 aromatic heterocycles. The van der Waals surface area contributed by atoms with Crippen molar-refractivity contribution in [3.05, 3.63) is 51.2 Å². The Balaban J connectivity index is 2.17. The maximum Gasteiger partial charge on any atom is 0.156 e. The highest BCUT2D eigenvalue weighted by atomic mass is 79.9. The highest BCUT2D eigenvalue weighted by Crippen LogP contribution is 2.35. The minimum Gasteiger partial charge on any atom is -0.486 e. The molecular formula is C13H9BrClN3O. The minimum absolute atomic E-state index is 0.293. The van der Waals surface area contributed by atoms with Crippen LogP contribution in [0.3, 0.4) is 0 Å². The second-order valence-electron chi connectivity index (χ2n) is 3.76. The molecule has 1 heterocycles. The maximum atomic E-state index is 8.77. The first-order chi connectivity index (χ1) is 9.10. The molecule has 0 saturated heterocycles. The molecule has 0 aliphatic carbocycles. The summed E-state index contributed by atoms with van der Waals surface area (Å²) in [6, 6.07) is 8.75. The van der Waals surface area contributed by atoms with E-state index in [4.69, 9.17) is 27.3 Å². The molecular weight excluding hydrogens is 330 g/mol. The van der Waals surface area contributed by atoms with E-state index in [9.17, 15) is 0 Å². The maximum absolute atomic E-state index is 8.77. The SMILES string of the molecule is N#Cc1cc(COc2c(N)cc(Cl)cc2Br)ccn1. The molecule has 1 aromatic carbocycles. The van der Waals surface area contributed by atoms with Crippen molar-refractivity contribution in [1.82, 2.24) is 4.98 Å². The molecule has 2 N–H and O–H groups in total. The molecule has 96 valence electrons. The number of anilines is 1. The minimum atomic E-state index is 0.293. The number of pyridine rings is 1. The summed E-state index contributed by atoms with van der Waals surface area (Å²) in [6.45, 7) is 0.293. The topological polar surface area (TPSA) is 71.9 Å². The Morgan fingerprint density at radius 1 is 1.42 bits per heavy atom. The Bertz CT molecular complexity index is 632. The third-order valence-corrected chi connectivity index (χ3v) is 3.17. The standard InChI is InChI=1S/C13H9BrClN3O/c14-11-4-9(15)5-12(17)13(11)19-7-8-1-2-18-10(3-8)6-16/h1-5H,7,17H2. The van der Waals surface area contributed by atoms with Gasteiger partial charge in [-0.25, -0.2) is 4.98 Å². The normalized spacial score (nSPS) is 9.95. The Kier molecular flexibility index (Phi) is 4.25. The smallest absolute Gasteiger partial charge is 0.156 e. The molecule has 0 aliphatic rings. The molecule has 0 aliphatic heterocycles. The van der Waals surface area contributed by atoms with Crippen LogP contribution in [0.4, 0.5) is 5.69 Å². The molecule has 0 bridgehead atoms. The average molecular weight is 339 g/mol. The lowest BCUT2D eigenvalue weighted by Gasteiger charge is -2.11. The number of hydrogen-bond donors (Lipinski definition) is 1. The fraction of sp³-hybridized carbons (Fsp3) is 0.0769. The molecule has 0 spiro atoms. The highest BCUT2D eigenvalue weighted by molar-refractivity contribution is 9.10. The summed E-state index contributed by atoms with van der Waals surface area (Å²) in [5.41, 5.74) is 7.48. The molecule has 6 heteroatoms. The van der Waals surface area contributed by atoms with Gasteiger partial charge in [-0.1, -0.05) is 11.6 Å². The largest absolute Gasteiger partial charge is 0.486 e. The number of nitrogen functional groups attached to an aromatic ring is 1. The van der Waals surface area contributed by atoms with E-state index in [1.807, 2.05) is 6.07 Å². The van der Waals surface area contributed by atoms with Crippen LogP contribution in [0, 0.1) is 11.3 Å². The average Bonchev–Trinajstić information content (AvgIpc) is 2.37. The molecule has 0 amide bonds. The van der Waals surface area contributed by atoms with Gasteiger partial charge in [0.05, 0.1) is 10.2 Å². The van der Waals surface area contributed by atoms with Gasteiger partial charge in [-0.3, -0.25) is 0 Å². The second-order valence-corrected chi connectivity index (χ2v) is 5.05. The van der Waals surface area contributed by atoms with E-state index in [2.05, 4.69) is 20.9 Å². The lowest BCUT2D eigenvalue weighted by Crippen LogP contribution is -2.00. The number of benzene rings is 1. The van der Waals surface area contributed by atoms with E-state index in [1.54, 1.807) is 30.5 Å². The summed E-state index contributed by atoms with van der Waals surface area (Å²) in [7, 11) is 0. The van der Waals surface area contributed by atoms with Gasteiger partial charge in [-0.15, -0.1) is 0 Å². The van der Waals surface area contributed by atoms with Gasteiger partial charge in [0.2, 0.25) is 0 Å². The van der Waals surface area contributed by atoms with Gasteiger partial charge in [-0.05, 0) is 45.8 Å². The number of nitrogens with zero attached hydrogens (tertiary/aromatic N) is 2. The van der Waals surface area contributed by atoms with Gasteiger partial charge in [-0.2, -0.15) is 5.26 Å². The molecule has 19 heavy (non-hydrogen) atoms. The van der Waals surface area contributed by atoms with E-state index < -0.39 is 0 Å². The number of nitrogens with two attached hydrogens (primary N) is 1. The van der Waals surface area contributed by atoms with Gasteiger partial charge in [0.1, 0.15) is 18.4 Å². The summed E-state index contributed by atoms with van der Waals surface area (Å²) in [4.78, 5) is 3.89. The van der Waals surface area contributed by atoms with Crippen LogP contribution < -0.4 is 10.5 Å². The van der Waals surface area contributed by atoms with Crippen molar-refractivity contribution in [2.45, 2.75) is 6.61 Å². The van der Waals surface area contributed by atoms with Crippen molar-refractivity contribution < 1.29 is 4.74 Å². The van der Waals surface area contributed by atoms with Gasteiger partial charge < -0.3 is 10.5 Å². The van der Waals surface area contributed by atoms with Gasteiger partial charge in [0.15, 0.2) is 5.75 Å². The second kappa shape index (κ2) is 5.91. The fourth-order valence-corrected chi connectivity index (χ4v) is 2.46. The third-order valence-electron chi connectivity index (χ3n) is 2.36. The molecule has 0 atom stereocenters. The predicted molar refractivity (Wildman–Crippen MR) is 76.8 cm³/mol. The van der Waals surface area contributed by atoms with E-state index in [1.165, 1.54) is 0 Å². The van der Waals surface area contributed by atoms with Crippen molar-refractivity contribution in [2.75, 3.05) is 5.73 Å². The van der Waals surface area contributed by atoms with Crippen LogP contribution >= 0.6 is 27.5 Å². The molecule has 0 radical (unpaired) electrons. The fourth-order valence-electron chi connectivity index (χ4n) is 1.51. The first-order valence-corrected chi connectivity index (χ1v) is 6.49. The van der Waals surface area contributed by atoms with Crippen molar-refractivity contribution in [1.29, 1.82) is 5.26 Å². The van der Waals surface area contributed by atoms with Crippen molar-refractivity contribution in [3.8, 4) is 11.8 Å². The predicted octanol–water partition coefficient (Wildman–Crippen LogP) is 3.53. The van der Waals surface area contributed by atoms with Crippen molar-refractivity contribution in [2.24, 2.45) is 0 Å². The molecule has 2 aromatic rings. The number of aromatic nitrogens is 1. The van der Waals surface area contributed by atoms with Gasteiger partial charge in [0.25, 0.3) is 0 Å². The number of rotatable bonds is 3. The Hall–Kier alpha value is -1.77. The quantitative estimate of drug-likeness (QED) is 0.869. The Morgan fingerprint density at radius 3 is 2.89 bits per heavy atom. The van der Waals surface area contributed by atoms with Crippen LogP contribution in [-0.2, 0) is 6.61 Å². The number of nitriles is 1. The van der Waals surface area contributed by atoms with Gasteiger partial charge >= 0.3 is 0 Å². The van der Waals surface area contributed by atoms with Crippen molar-refractivity contribution in [3.63, 3.8) is 0 Å². The number of hydrogen-bond acceptors (Lipinski definition) is 4. The lowest BCUT2D eigenvalue weighted by molar-refractivity contribution is 0.306. The Morgan fingerprint density at radius 2 is 2.21 bits per heavy atom. The van der Waals surface area contributed by atoms with Gasteiger partial charge in [0, 0.05) is 11.2 Å². The van der Waals surface area contributed by atoms with Crippen molar-refractivity contribution >= 4 is 33.2 Å². The van der Waals surface area contributed by atoms with Crippen LogP contribution in [0.5, 0.6) is 5.75 Å². The molecule has 4 nitrogen and oxygen atoms in total. The first kappa shape index (κ1) is 13.7. The lowest BCUT2D eigenvalue weighted by atomic mass is 10.2. The van der Waals surface area contributed by atoms with Crippen LogP contribution in [0.15, 0.2) is 34.9 Å². The molecule has 0 fully saturated rings. The molecule has 0 saturated carbocycles. The van der Waals surface area contributed by atoms with E-state index >= 15 is 0 Å². The summed E-state index contributed by atoms with van der Waals surface area (Å²) >= 11 is 9.21. The number of halogens is 2. The van der Waals surface area contributed by atoms with Crippen LogP contribution in [0.1, 0.15) is 11.3 Å². The van der Waals surface area contributed by atoms with E-state index in [-0.39, 0.29) is 0 Å². The van der Waals surface area contributed by atoms with Crippen LogP contribution in [0.25, 0.3) is 0 Å².